The molecule has 0 saturated heterocycles. The molecule has 0 aliphatic heterocycles. The highest BCUT2D eigenvalue weighted by atomic mass is 32.1. The first-order valence-electron chi connectivity index (χ1n) is 7.87. The van der Waals surface area contributed by atoms with E-state index in [1.54, 1.807) is 6.07 Å². The Morgan fingerprint density at radius 2 is 1.76 bits per heavy atom. The topological polar surface area (TPSA) is 84.0 Å². The van der Waals surface area contributed by atoms with Gasteiger partial charge in [0, 0.05) is 10.6 Å². The number of aromatic nitrogens is 2. The van der Waals surface area contributed by atoms with Crippen LogP contribution in [0.3, 0.4) is 0 Å². The summed E-state index contributed by atoms with van der Waals surface area (Å²) in [7, 11) is 0. The Hall–Kier alpha value is -2.67. The molecule has 3 rings (SSSR count). The van der Waals surface area contributed by atoms with E-state index in [2.05, 4.69) is 10.3 Å². The van der Waals surface area contributed by atoms with Gasteiger partial charge >= 0.3 is 5.69 Å². The van der Waals surface area contributed by atoms with Crippen LogP contribution in [0.1, 0.15) is 21.6 Å². The molecule has 0 aliphatic rings. The van der Waals surface area contributed by atoms with Crippen LogP contribution >= 0.6 is 11.3 Å². The van der Waals surface area contributed by atoms with Crippen LogP contribution in [-0.2, 0) is 11.3 Å². The van der Waals surface area contributed by atoms with E-state index in [0.29, 0.717) is 15.9 Å². The van der Waals surface area contributed by atoms with Crippen molar-refractivity contribution in [2.24, 2.45) is 0 Å². The van der Waals surface area contributed by atoms with Crippen LogP contribution in [0.4, 0.5) is 5.69 Å². The highest BCUT2D eigenvalue weighted by Gasteiger charge is 2.14. The second kappa shape index (κ2) is 6.33. The summed E-state index contributed by atoms with van der Waals surface area (Å²) in [6, 6.07) is 5.67. The molecule has 0 atom stereocenters. The summed E-state index contributed by atoms with van der Waals surface area (Å²) in [5.41, 5.74) is 2.68. The quantitative estimate of drug-likeness (QED) is 0.756. The van der Waals surface area contributed by atoms with Gasteiger partial charge in [0.2, 0.25) is 5.91 Å². The van der Waals surface area contributed by atoms with Crippen molar-refractivity contribution in [2.75, 3.05) is 5.32 Å². The average Bonchev–Trinajstić information content (AvgIpc) is 2.88. The van der Waals surface area contributed by atoms with Gasteiger partial charge in [0.05, 0.1) is 5.39 Å². The Labute approximate surface area is 148 Å². The first-order valence-corrected chi connectivity index (χ1v) is 8.69. The van der Waals surface area contributed by atoms with Gasteiger partial charge in [-0.1, -0.05) is 17.7 Å². The van der Waals surface area contributed by atoms with Crippen molar-refractivity contribution in [1.82, 2.24) is 9.55 Å². The third-order valence-electron chi connectivity index (χ3n) is 4.04. The SMILES string of the molecule is Cc1cc(C)c(NC(=O)Cn2c(=O)[nH]c3sc(C)cc3c2=O)c(C)c1. The number of H-pyrrole nitrogens is 1. The van der Waals surface area contributed by atoms with Crippen molar-refractivity contribution in [2.45, 2.75) is 34.2 Å². The van der Waals surface area contributed by atoms with Crippen molar-refractivity contribution < 1.29 is 4.79 Å². The Morgan fingerprint density at radius 1 is 1.12 bits per heavy atom. The van der Waals surface area contributed by atoms with E-state index < -0.39 is 17.2 Å². The monoisotopic (exact) mass is 357 g/mol. The number of anilines is 1. The first-order chi connectivity index (χ1) is 11.8. The minimum atomic E-state index is -0.577. The molecular formula is C18H19N3O3S. The predicted octanol–water partition coefficient (Wildman–Crippen LogP) is 2.62. The molecule has 2 heterocycles. The Balaban J connectivity index is 1.93. The van der Waals surface area contributed by atoms with Crippen molar-refractivity contribution in [3.63, 3.8) is 0 Å². The van der Waals surface area contributed by atoms with Gasteiger partial charge in [0.25, 0.3) is 5.56 Å². The number of fused-ring (bicyclic) bond motifs is 1. The number of aryl methyl sites for hydroxylation is 4. The Bertz CT molecular complexity index is 1080. The van der Waals surface area contributed by atoms with Crippen molar-refractivity contribution in [1.29, 1.82) is 0 Å². The van der Waals surface area contributed by atoms with Crippen LogP contribution in [-0.4, -0.2) is 15.5 Å². The minimum absolute atomic E-state index is 0.328. The average molecular weight is 357 g/mol. The molecule has 6 nitrogen and oxygen atoms in total. The van der Waals surface area contributed by atoms with Crippen LogP contribution in [0.5, 0.6) is 0 Å². The van der Waals surface area contributed by atoms with Gasteiger partial charge in [-0.15, -0.1) is 11.3 Å². The van der Waals surface area contributed by atoms with Crippen LogP contribution < -0.4 is 16.6 Å². The number of hydrogen-bond acceptors (Lipinski definition) is 4. The van der Waals surface area contributed by atoms with Crippen LogP contribution in [0, 0.1) is 27.7 Å². The molecule has 1 amide bonds. The summed E-state index contributed by atoms with van der Waals surface area (Å²) in [4.78, 5) is 41.2. The molecule has 2 N–H and O–H groups in total. The lowest BCUT2D eigenvalue weighted by Gasteiger charge is -2.13. The predicted molar refractivity (Wildman–Crippen MR) is 101 cm³/mol. The molecule has 2 aromatic heterocycles. The second-order valence-corrected chi connectivity index (χ2v) is 7.50. The van der Waals surface area contributed by atoms with E-state index in [1.165, 1.54) is 11.3 Å². The largest absolute Gasteiger partial charge is 0.329 e. The van der Waals surface area contributed by atoms with Gasteiger partial charge in [-0.05, 0) is 44.9 Å². The maximum absolute atomic E-state index is 12.5. The third kappa shape index (κ3) is 3.28. The van der Waals surface area contributed by atoms with E-state index in [4.69, 9.17) is 0 Å². The summed E-state index contributed by atoms with van der Waals surface area (Å²) < 4.78 is 0.933. The number of nitrogens with one attached hydrogen (secondary N) is 2. The molecule has 0 bridgehead atoms. The van der Waals surface area contributed by atoms with Crippen LogP contribution in [0.15, 0.2) is 27.8 Å². The summed E-state index contributed by atoms with van der Waals surface area (Å²) in [6.45, 7) is 7.35. The highest BCUT2D eigenvalue weighted by molar-refractivity contribution is 7.18. The van der Waals surface area contributed by atoms with E-state index >= 15 is 0 Å². The molecular weight excluding hydrogens is 338 g/mol. The van der Waals surface area contributed by atoms with Gasteiger partial charge in [-0.25, -0.2) is 4.79 Å². The molecule has 3 aromatic rings. The number of carbonyl (C=O) groups excluding carboxylic acids is 1. The number of aromatic amines is 1. The molecule has 0 radical (unpaired) electrons. The lowest BCUT2D eigenvalue weighted by molar-refractivity contribution is -0.116. The molecule has 0 saturated carbocycles. The Morgan fingerprint density at radius 3 is 2.40 bits per heavy atom. The molecule has 7 heteroatoms. The number of nitrogens with zero attached hydrogens (tertiary/aromatic N) is 1. The molecule has 0 unspecified atom stereocenters. The minimum Gasteiger partial charge on any atom is -0.324 e. The molecule has 0 aliphatic carbocycles. The van der Waals surface area contributed by atoms with Gasteiger partial charge in [-0.3, -0.25) is 19.1 Å². The zero-order valence-electron chi connectivity index (χ0n) is 14.5. The molecule has 0 fully saturated rings. The smallest absolute Gasteiger partial charge is 0.324 e. The highest BCUT2D eigenvalue weighted by Crippen LogP contribution is 2.22. The van der Waals surface area contributed by atoms with Gasteiger partial charge in [0.1, 0.15) is 11.4 Å². The molecule has 25 heavy (non-hydrogen) atoms. The number of amides is 1. The van der Waals surface area contributed by atoms with Gasteiger partial charge in [0.15, 0.2) is 0 Å². The number of thiophene rings is 1. The van der Waals surface area contributed by atoms with Gasteiger partial charge in [-0.2, -0.15) is 0 Å². The molecule has 1 aromatic carbocycles. The standard InChI is InChI=1S/C18H19N3O3S/c1-9-5-10(2)15(11(3)6-9)19-14(22)8-21-17(23)13-7-12(4)25-16(13)20-18(21)24/h5-7H,8H2,1-4H3,(H,19,22)(H,20,24). The van der Waals surface area contributed by atoms with E-state index in [0.717, 1.165) is 26.1 Å². The number of benzene rings is 1. The summed E-state index contributed by atoms with van der Waals surface area (Å²) in [5, 5.41) is 3.24. The fourth-order valence-electron chi connectivity index (χ4n) is 3.01. The number of rotatable bonds is 3. The summed E-state index contributed by atoms with van der Waals surface area (Å²) in [6.07, 6.45) is 0. The van der Waals surface area contributed by atoms with Crippen LogP contribution in [0.2, 0.25) is 0 Å². The number of carbonyl (C=O) groups is 1. The van der Waals surface area contributed by atoms with E-state index in [9.17, 15) is 14.4 Å². The Kier molecular flexibility index (Phi) is 4.34. The van der Waals surface area contributed by atoms with Crippen molar-refractivity contribution in [3.05, 3.63) is 60.6 Å². The maximum atomic E-state index is 12.5. The zero-order valence-corrected chi connectivity index (χ0v) is 15.3. The summed E-state index contributed by atoms with van der Waals surface area (Å²) in [5.74, 6) is -0.408. The molecule has 130 valence electrons. The number of hydrogen-bond donors (Lipinski definition) is 2. The maximum Gasteiger partial charge on any atom is 0.329 e. The fraction of sp³-hybridized carbons (Fsp3) is 0.278. The van der Waals surface area contributed by atoms with E-state index in [-0.39, 0.29) is 6.54 Å². The molecule has 0 spiro atoms. The van der Waals surface area contributed by atoms with Crippen LogP contribution in [0.25, 0.3) is 10.2 Å². The lowest BCUT2D eigenvalue weighted by Crippen LogP contribution is -2.38. The summed E-state index contributed by atoms with van der Waals surface area (Å²) >= 11 is 1.35. The normalized spacial score (nSPS) is 11.0. The fourth-order valence-corrected chi connectivity index (χ4v) is 3.90. The first kappa shape index (κ1) is 17.2. The lowest BCUT2D eigenvalue weighted by atomic mass is 10.1. The van der Waals surface area contributed by atoms with E-state index in [1.807, 2.05) is 39.8 Å². The van der Waals surface area contributed by atoms with Crippen molar-refractivity contribution in [3.8, 4) is 0 Å². The van der Waals surface area contributed by atoms with Crippen molar-refractivity contribution >= 4 is 33.1 Å². The zero-order chi connectivity index (χ0) is 18.3. The third-order valence-corrected chi connectivity index (χ3v) is 5.01. The second-order valence-electron chi connectivity index (χ2n) is 6.24. The van der Waals surface area contributed by atoms with Gasteiger partial charge < -0.3 is 5.32 Å².